The summed E-state index contributed by atoms with van der Waals surface area (Å²) in [7, 11) is 0. The van der Waals surface area contributed by atoms with Crippen molar-refractivity contribution < 1.29 is 0 Å². The molecule has 2 N–H and O–H groups in total. The summed E-state index contributed by atoms with van der Waals surface area (Å²) in [5, 5.41) is 9.86. The van der Waals surface area contributed by atoms with Crippen LogP contribution in [0.2, 0.25) is 0 Å². The lowest BCUT2D eigenvalue weighted by Crippen LogP contribution is -2.12. The molecular formula is C13H22N4S. The van der Waals surface area contributed by atoms with Crippen molar-refractivity contribution in [2.75, 3.05) is 12.3 Å². The summed E-state index contributed by atoms with van der Waals surface area (Å²) in [5.41, 5.74) is 6.22. The van der Waals surface area contributed by atoms with Crippen molar-refractivity contribution in [3.05, 3.63) is 5.82 Å². The molecule has 2 heterocycles. The van der Waals surface area contributed by atoms with Gasteiger partial charge in [0.1, 0.15) is 5.82 Å². The molecule has 100 valence electrons. The number of nitrogens with zero attached hydrogens (tertiary/aromatic N) is 3. The van der Waals surface area contributed by atoms with E-state index in [0.29, 0.717) is 5.41 Å². The summed E-state index contributed by atoms with van der Waals surface area (Å²) in [4.78, 5) is 0. The van der Waals surface area contributed by atoms with Gasteiger partial charge in [0.2, 0.25) is 0 Å². The topological polar surface area (TPSA) is 56.7 Å². The van der Waals surface area contributed by atoms with Gasteiger partial charge in [-0.25, -0.2) is 0 Å². The van der Waals surface area contributed by atoms with Gasteiger partial charge in [-0.3, -0.25) is 0 Å². The second kappa shape index (κ2) is 5.21. The molecule has 0 atom stereocenters. The first-order chi connectivity index (χ1) is 8.83. The van der Waals surface area contributed by atoms with Crippen LogP contribution in [0.15, 0.2) is 5.16 Å². The van der Waals surface area contributed by atoms with Crippen LogP contribution in [0.3, 0.4) is 0 Å². The molecule has 18 heavy (non-hydrogen) atoms. The van der Waals surface area contributed by atoms with E-state index in [1.807, 2.05) is 11.8 Å². The third kappa shape index (κ3) is 2.57. The predicted octanol–water partition coefficient (Wildman–Crippen LogP) is 2.23. The van der Waals surface area contributed by atoms with Gasteiger partial charge < -0.3 is 10.3 Å². The zero-order valence-corrected chi connectivity index (χ0v) is 11.7. The van der Waals surface area contributed by atoms with Crippen LogP contribution >= 0.6 is 11.8 Å². The summed E-state index contributed by atoms with van der Waals surface area (Å²) >= 11 is 1.89. The molecule has 0 amide bonds. The maximum absolute atomic E-state index is 5.69. The highest BCUT2D eigenvalue weighted by Crippen LogP contribution is 2.51. The fourth-order valence-electron chi connectivity index (χ4n) is 2.73. The average molecular weight is 266 g/mol. The number of fused-ring (bicyclic) bond motifs is 1. The lowest BCUT2D eigenvalue weighted by atomic mass is 10.1. The number of thioether (sulfide) groups is 1. The lowest BCUT2D eigenvalue weighted by molar-refractivity contribution is 0.534. The SMILES string of the molecule is NCCC1(CSc2nnc3n2CCCCC3)CC1. The fourth-order valence-corrected chi connectivity index (χ4v) is 4.05. The van der Waals surface area contributed by atoms with Crippen LogP contribution in [0.4, 0.5) is 0 Å². The van der Waals surface area contributed by atoms with E-state index in [1.54, 1.807) is 0 Å². The molecule has 1 aromatic rings. The Morgan fingerprint density at radius 3 is 2.89 bits per heavy atom. The van der Waals surface area contributed by atoms with Crippen molar-refractivity contribution in [2.45, 2.75) is 56.6 Å². The van der Waals surface area contributed by atoms with E-state index in [9.17, 15) is 0 Å². The largest absolute Gasteiger partial charge is 0.330 e. The van der Waals surface area contributed by atoms with Crippen LogP contribution in [-0.2, 0) is 13.0 Å². The van der Waals surface area contributed by atoms with Crippen LogP contribution < -0.4 is 5.73 Å². The van der Waals surface area contributed by atoms with Crippen molar-refractivity contribution in [3.8, 4) is 0 Å². The Labute approximate surface area is 113 Å². The van der Waals surface area contributed by atoms with Gasteiger partial charge in [0, 0.05) is 18.7 Å². The van der Waals surface area contributed by atoms with E-state index in [-0.39, 0.29) is 0 Å². The monoisotopic (exact) mass is 266 g/mol. The number of rotatable bonds is 5. The first-order valence-corrected chi connectivity index (χ1v) is 8.07. The maximum Gasteiger partial charge on any atom is 0.191 e. The van der Waals surface area contributed by atoms with Gasteiger partial charge in [-0.15, -0.1) is 10.2 Å². The number of aromatic nitrogens is 3. The minimum Gasteiger partial charge on any atom is -0.330 e. The Balaban J connectivity index is 1.64. The predicted molar refractivity (Wildman–Crippen MR) is 73.6 cm³/mol. The van der Waals surface area contributed by atoms with Gasteiger partial charge in [0.15, 0.2) is 5.16 Å². The number of nitrogens with two attached hydrogens (primary N) is 1. The molecule has 0 radical (unpaired) electrons. The van der Waals surface area contributed by atoms with Gasteiger partial charge >= 0.3 is 0 Å². The normalized spacial score (nSPS) is 21.4. The Kier molecular flexibility index (Phi) is 3.61. The number of aryl methyl sites for hydroxylation is 1. The van der Waals surface area contributed by atoms with Crippen molar-refractivity contribution in [2.24, 2.45) is 11.1 Å². The third-order valence-electron chi connectivity index (χ3n) is 4.21. The maximum atomic E-state index is 5.69. The zero-order valence-electron chi connectivity index (χ0n) is 10.9. The van der Waals surface area contributed by atoms with Crippen molar-refractivity contribution in [1.82, 2.24) is 14.8 Å². The van der Waals surface area contributed by atoms with Crippen molar-refractivity contribution >= 4 is 11.8 Å². The highest BCUT2D eigenvalue weighted by atomic mass is 32.2. The minimum atomic E-state index is 0.524. The number of hydrogen-bond donors (Lipinski definition) is 1. The molecule has 0 aromatic carbocycles. The van der Waals surface area contributed by atoms with E-state index < -0.39 is 0 Å². The highest BCUT2D eigenvalue weighted by molar-refractivity contribution is 7.99. The van der Waals surface area contributed by atoms with Crippen molar-refractivity contribution in [1.29, 1.82) is 0 Å². The molecule has 3 rings (SSSR count). The average Bonchev–Trinajstić information content (AvgIpc) is 3.09. The van der Waals surface area contributed by atoms with Crippen LogP contribution in [0, 0.1) is 5.41 Å². The van der Waals surface area contributed by atoms with E-state index >= 15 is 0 Å². The van der Waals surface area contributed by atoms with Crippen LogP contribution in [0.25, 0.3) is 0 Å². The van der Waals surface area contributed by atoms with Gasteiger partial charge in [0.05, 0.1) is 0 Å². The van der Waals surface area contributed by atoms with E-state index in [4.69, 9.17) is 5.73 Å². The summed E-state index contributed by atoms with van der Waals surface area (Å²) in [6.45, 7) is 1.92. The Morgan fingerprint density at radius 2 is 2.11 bits per heavy atom. The molecular weight excluding hydrogens is 244 g/mol. The highest BCUT2D eigenvalue weighted by Gasteiger charge is 2.41. The molecule has 1 saturated carbocycles. The molecule has 1 aliphatic carbocycles. The summed E-state index contributed by atoms with van der Waals surface area (Å²) in [5.74, 6) is 2.36. The molecule has 0 saturated heterocycles. The van der Waals surface area contributed by atoms with Crippen LogP contribution in [0.1, 0.15) is 44.3 Å². The fraction of sp³-hybridized carbons (Fsp3) is 0.846. The second-order valence-electron chi connectivity index (χ2n) is 5.69. The Bertz CT molecular complexity index is 411. The van der Waals surface area contributed by atoms with E-state index in [1.165, 1.54) is 50.1 Å². The van der Waals surface area contributed by atoms with Gasteiger partial charge in [-0.05, 0) is 44.1 Å². The molecule has 0 bridgehead atoms. The molecule has 1 aliphatic heterocycles. The van der Waals surface area contributed by atoms with Gasteiger partial charge in [-0.1, -0.05) is 18.2 Å². The molecule has 2 aliphatic rings. The molecule has 1 aromatic heterocycles. The molecule has 0 spiro atoms. The lowest BCUT2D eigenvalue weighted by Gasteiger charge is -2.13. The number of hydrogen-bond acceptors (Lipinski definition) is 4. The standard InChI is InChI=1S/C13H22N4S/c14-8-7-13(5-6-13)10-18-12-16-15-11-4-2-1-3-9-17(11)12/h1-10,14H2. The molecule has 0 unspecified atom stereocenters. The zero-order chi connectivity index (χ0) is 12.4. The summed E-state index contributed by atoms with van der Waals surface area (Å²) in [6, 6.07) is 0. The molecule has 1 fully saturated rings. The summed E-state index contributed by atoms with van der Waals surface area (Å²) in [6.07, 6.45) is 8.82. The van der Waals surface area contributed by atoms with Crippen molar-refractivity contribution in [3.63, 3.8) is 0 Å². The van der Waals surface area contributed by atoms with E-state index in [0.717, 1.165) is 24.7 Å². The Hall–Kier alpha value is -0.550. The smallest absolute Gasteiger partial charge is 0.191 e. The van der Waals surface area contributed by atoms with Crippen LogP contribution in [0.5, 0.6) is 0 Å². The molecule has 5 heteroatoms. The second-order valence-corrected chi connectivity index (χ2v) is 6.63. The molecule has 4 nitrogen and oxygen atoms in total. The first kappa shape index (κ1) is 12.5. The first-order valence-electron chi connectivity index (χ1n) is 7.08. The van der Waals surface area contributed by atoms with E-state index in [2.05, 4.69) is 14.8 Å². The Morgan fingerprint density at radius 1 is 1.22 bits per heavy atom. The quantitative estimate of drug-likeness (QED) is 0.830. The van der Waals surface area contributed by atoms with Crippen LogP contribution in [-0.4, -0.2) is 27.1 Å². The van der Waals surface area contributed by atoms with Gasteiger partial charge in [0.25, 0.3) is 0 Å². The summed E-state index contributed by atoms with van der Waals surface area (Å²) < 4.78 is 2.34. The minimum absolute atomic E-state index is 0.524. The third-order valence-corrected chi connectivity index (χ3v) is 5.53. The van der Waals surface area contributed by atoms with Gasteiger partial charge in [-0.2, -0.15) is 0 Å².